The molecule has 0 saturated heterocycles. The molecule has 0 saturated carbocycles. The molecule has 108 valence electrons. The topological polar surface area (TPSA) is 24.1 Å². The Morgan fingerprint density at radius 1 is 1.05 bits per heavy atom. The summed E-state index contributed by atoms with van der Waals surface area (Å²) in [6.07, 6.45) is 0. The van der Waals surface area contributed by atoms with Gasteiger partial charge in [0.15, 0.2) is 0 Å². The van der Waals surface area contributed by atoms with Crippen LogP contribution in [0.15, 0.2) is 18.2 Å². The van der Waals surface area contributed by atoms with E-state index in [0.717, 1.165) is 13.2 Å². The number of hydrogen-bond donors (Lipinski definition) is 2. The number of benzene rings is 1. The van der Waals surface area contributed by atoms with Crippen molar-refractivity contribution in [3.63, 3.8) is 0 Å². The minimum atomic E-state index is 0.150. The summed E-state index contributed by atoms with van der Waals surface area (Å²) in [6.45, 7) is 15.4. The fourth-order valence-electron chi connectivity index (χ4n) is 2.48. The first kappa shape index (κ1) is 16.2. The van der Waals surface area contributed by atoms with Crippen molar-refractivity contribution in [1.82, 2.24) is 10.6 Å². The molecule has 0 fully saturated rings. The summed E-state index contributed by atoms with van der Waals surface area (Å²) in [4.78, 5) is 0. The summed E-state index contributed by atoms with van der Waals surface area (Å²) in [7, 11) is 1.96. The Kier molecular flexibility index (Phi) is 5.17. The number of rotatable bonds is 5. The molecule has 0 aliphatic heterocycles. The van der Waals surface area contributed by atoms with Gasteiger partial charge in [-0.3, -0.25) is 0 Å². The highest BCUT2D eigenvalue weighted by atomic mass is 15.0. The maximum absolute atomic E-state index is 3.43. The zero-order valence-electron chi connectivity index (χ0n) is 13.6. The third kappa shape index (κ3) is 4.32. The average molecular weight is 262 g/mol. The first-order valence-corrected chi connectivity index (χ1v) is 7.15. The average Bonchev–Trinajstić information content (AvgIpc) is 2.27. The predicted octanol–water partition coefficient (Wildman–Crippen LogP) is 3.34. The van der Waals surface area contributed by atoms with Gasteiger partial charge in [0.1, 0.15) is 0 Å². The lowest BCUT2D eigenvalue weighted by atomic mass is 9.78. The maximum Gasteiger partial charge on any atom is 0.0452 e. The van der Waals surface area contributed by atoms with Crippen molar-refractivity contribution in [1.29, 1.82) is 0 Å². The molecule has 0 unspecified atom stereocenters. The molecule has 1 aromatic rings. The summed E-state index contributed by atoms with van der Waals surface area (Å²) in [5.41, 5.74) is 4.61. The largest absolute Gasteiger partial charge is 0.308 e. The van der Waals surface area contributed by atoms with Crippen LogP contribution in [0.1, 0.15) is 51.3 Å². The molecule has 0 aliphatic rings. The number of nitrogens with one attached hydrogen (secondary N) is 2. The van der Waals surface area contributed by atoms with E-state index < -0.39 is 0 Å². The van der Waals surface area contributed by atoms with E-state index in [1.807, 2.05) is 7.05 Å². The van der Waals surface area contributed by atoms with Gasteiger partial charge in [-0.1, -0.05) is 52.8 Å². The Morgan fingerprint density at radius 2 is 1.68 bits per heavy atom. The zero-order valence-corrected chi connectivity index (χ0v) is 13.6. The molecule has 0 amide bonds. The van der Waals surface area contributed by atoms with E-state index in [2.05, 4.69) is 70.4 Å². The molecular weight excluding hydrogens is 232 g/mol. The van der Waals surface area contributed by atoms with Crippen LogP contribution in [0.4, 0.5) is 0 Å². The molecule has 0 atom stereocenters. The molecule has 2 nitrogen and oxygen atoms in total. The monoisotopic (exact) mass is 262 g/mol. The van der Waals surface area contributed by atoms with Crippen LogP contribution >= 0.6 is 0 Å². The van der Waals surface area contributed by atoms with Crippen LogP contribution in [-0.4, -0.2) is 20.3 Å². The van der Waals surface area contributed by atoms with E-state index >= 15 is 0 Å². The Morgan fingerprint density at radius 3 is 2.16 bits per heavy atom. The minimum Gasteiger partial charge on any atom is -0.308 e. The van der Waals surface area contributed by atoms with Gasteiger partial charge in [-0.2, -0.15) is 0 Å². The van der Waals surface area contributed by atoms with Crippen molar-refractivity contribution in [2.75, 3.05) is 20.3 Å². The molecule has 0 aromatic heterocycles. The lowest BCUT2D eigenvalue weighted by Crippen LogP contribution is -2.37. The van der Waals surface area contributed by atoms with Gasteiger partial charge in [0.25, 0.3) is 0 Å². The normalized spacial score (nSPS) is 12.8. The lowest BCUT2D eigenvalue weighted by molar-refractivity contribution is 0.458. The Balaban J connectivity index is 2.95. The van der Waals surface area contributed by atoms with E-state index in [1.165, 1.54) is 16.7 Å². The first-order valence-electron chi connectivity index (χ1n) is 7.15. The van der Waals surface area contributed by atoms with Crippen LogP contribution in [0.25, 0.3) is 0 Å². The van der Waals surface area contributed by atoms with E-state index in [9.17, 15) is 0 Å². The van der Waals surface area contributed by atoms with Gasteiger partial charge in [0, 0.05) is 18.6 Å². The third-order valence-electron chi connectivity index (χ3n) is 3.69. The summed E-state index contributed by atoms with van der Waals surface area (Å²) in [5.74, 6) is 0. The maximum atomic E-state index is 3.43. The molecule has 1 aromatic carbocycles. The summed E-state index contributed by atoms with van der Waals surface area (Å²) in [6, 6.07) is 6.92. The van der Waals surface area contributed by atoms with E-state index in [1.54, 1.807) is 0 Å². The minimum absolute atomic E-state index is 0.150. The van der Waals surface area contributed by atoms with Crippen LogP contribution < -0.4 is 10.6 Å². The molecule has 0 heterocycles. The van der Waals surface area contributed by atoms with Gasteiger partial charge in [-0.15, -0.1) is 0 Å². The first-order chi connectivity index (χ1) is 8.68. The molecule has 1 rings (SSSR count). The van der Waals surface area contributed by atoms with Crippen LogP contribution in [0.2, 0.25) is 0 Å². The van der Waals surface area contributed by atoms with E-state index in [-0.39, 0.29) is 10.8 Å². The summed E-state index contributed by atoms with van der Waals surface area (Å²) >= 11 is 0. The van der Waals surface area contributed by atoms with Crippen LogP contribution in [0.5, 0.6) is 0 Å². The van der Waals surface area contributed by atoms with Gasteiger partial charge in [-0.05, 0) is 36.1 Å². The fraction of sp³-hybridized carbons (Fsp3) is 0.647. The smallest absolute Gasteiger partial charge is 0.0452 e. The Hall–Kier alpha value is -0.860. The van der Waals surface area contributed by atoms with E-state index in [0.29, 0.717) is 0 Å². The van der Waals surface area contributed by atoms with Crippen molar-refractivity contribution in [3.05, 3.63) is 34.9 Å². The van der Waals surface area contributed by atoms with Gasteiger partial charge in [0.2, 0.25) is 0 Å². The van der Waals surface area contributed by atoms with Crippen molar-refractivity contribution >= 4 is 0 Å². The second kappa shape index (κ2) is 6.06. The van der Waals surface area contributed by atoms with Crippen LogP contribution in [0.3, 0.4) is 0 Å². The van der Waals surface area contributed by atoms with Crippen molar-refractivity contribution < 1.29 is 0 Å². The van der Waals surface area contributed by atoms with Gasteiger partial charge >= 0.3 is 0 Å². The second-order valence-electron chi connectivity index (χ2n) is 7.12. The predicted molar refractivity (Wildman–Crippen MR) is 84.8 cm³/mol. The molecule has 2 N–H and O–H groups in total. The fourth-order valence-corrected chi connectivity index (χ4v) is 2.48. The molecular formula is C17H30N2. The lowest BCUT2D eigenvalue weighted by Gasteiger charge is -2.29. The summed E-state index contributed by atoms with van der Waals surface area (Å²) < 4.78 is 0. The summed E-state index contributed by atoms with van der Waals surface area (Å²) in [5, 5.41) is 6.56. The standard InChI is InChI=1S/C17H30N2/c1-13-10-14(16(2,3)4)8-9-15(13)17(5,6)11-19-12-18-7/h8-10,18-19H,11-12H2,1-7H3. The highest BCUT2D eigenvalue weighted by Gasteiger charge is 2.23. The van der Waals surface area contributed by atoms with Gasteiger partial charge < -0.3 is 10.6 Å². The molecule has 0 aliphatic carbocycles. The molecule has 0 radical (unpaired) electrons. The zero-order chi connectivity index (χ0) is 14.7. The van der Waals surface area contributed by atoms with Gasteiger partial charge in [-0.25, -0.2) is 0 Å². The van der Waals surface area contributed by atoms with Crippen molar-refractivity contribution in [3.8, 4) is 0 Å². The molecule has 0 spiro atoms. The number of aryl methyl sites for hydroxylation is 1. The SMILES string of the molecule is CNCNCC(C)(C)c1ccc(C(C)(C)C)cc1C. The highest BCUT2D eigenvalue weighted by Crippen LogP contribution is 2.30. The van der Waals surface area contributed by atoms with Crippen LogP contribution in [-0.2, 0) is 10.8 Å². The van der Waals surface area contributed by atoms with Crippen molar-refractivity contribution in [2.24, 2.45) is 0 Å². The Labute approximate surface area is 119 Å². The second-order valence-corrected chi connectivity index (χ2v) is 7.12. The van der Waals surface area contributed by atoms with Gasteiger partial charge in [0.05, 0.1) is 0 Å². The molecule has 19 heavy (non-hydrogen) atoms. The number of hydrogen-bond acceptors (Lipinski definition) is 2. The highest BCUT2D eigenvalue weighted by molar-refractivity contribution is 5.38. The third-order valence-corrected chi connectivity index (χ3v) is 3.69. The Bertz CT molecular complexity index is 414. The van der Waals surface area contributed by atoms with Crippen LogP contribution in [0, 0.1) is 6.92 Å². The quantitative estimate of drug-likeness (QED) is 0.628. The molecule has 2 heteroatoms. The van der Waals surface area contributed by atoms with E-state index in [4.69, 9.17) is 0 Å². The van der Waals surface area contributed by atoms with Crippen molar-refractivity contribution in [2.45, 2.75) is 52.4 Å². The molecule has 0 bridgehead atoms.